The van der Waals surface area contributed by atoms with Gasteiger partial charge in [-0.05, 0) is 41.3 Å². The maximum atomic E-state index is 13.5. The summed E-state index contributed by atoms with van der Waals surface area (Å²) in [5.41, 5.74) is 5.64. The van der Waals surface area contributed by atoms with E-state index >= 15 is 0 Å². The van der Waals surface area contributed by atoms with Crippen LogP contribution in [0, 0.1) is 5.92 Å². The van der Waals surface area contributed by atoms with E-state index in [1.807, 2.05) is 36.4 Å². The average molecular weight is 430 g/mol. The van der Waals surface area contributed by atoms with Crippen molar-refractivity contribution in [3.8, 4) is 5.75 Å². The van der Waals surface area contributed by atoms with Gasteiger partial charge in [0.2, 0.25) is 5.91 Å². The van der Waals surface area contributed by atoms with E-state index in [4.69, 9.17) is 4.74 Å². The zero-order chi connectivity index (χ0) is 22.6. The summed E-state index contributed by atoms with van der Waals surface area (Å²) in [6.07, 6.45) is 2.18. The van der Waals surface area contributed by atoms with Crippen LogP contribution in [-0.2, 0) is 16.1 Å². The van der Waals surface area contributed by atoms with Crippen LogP contribution in [0.4, 0.5) is 5.69 Å². The predicted octanol–water partition coefficient (Wildman–Crippen LogP) is 4.51. The van der Waals surface area contributed by atoms with Crippen molar-refractivity contribution in [3.05, 3.63) is 71.1 Å². The first kappa shape index (κ1) is 20.4. The minimum Gasteiger partial charge on any atom is -0.497 e. The fourth-order valence-electron chi connectivity index (χ4n) is 4.96. The Labute approximate surface area is 187 Å². The molecule has 1 N–H and O–H groups in total. The van der Waals surface area contributed by atoms with E-state index in [-0.39, 0.29) is 24.3 Å². The van der Waals surface area contributed by atoms with Gasteiger partial charge >= 0.3 is 0 Å². The van der Waals surface area contributed by atoms with Gasteiger partial charge in [-0.2, -0.15) is 0 Å². The van der Waals surface area contributed by atoms with Crippen molar-refractivity contribution in [2.75, 3.05) is 19.0 Å². The third-order valence-electron chi connectivity index (χ3n) is 6.33. The summed E-state index contributed by atoms with van der Waals surface area (Å²) in [6, 6.07) is 14.1. The molecule has 0 radical (unpaired) electrons. The largest absolute Gasteiger partial charge is 0.497 e. The molecule has 2 aliphatic heterocycles. The maximum Gasteiger partial charge on any atom is 0.259 e. The molecule has 2 aliphatic rings. The van der Waals surface area contributed by atoms with Gasteiger partial charge in [-0.1, -0.05) is 32.0 Å². The van der Waals surface area contributed by atoms with Gasteiger partial charge in [-0.25, -0.2) is 0 Å². The first-order valence-corrected chi connectivity index (χ1v) is 11.0. The molecule has 6 heteroatoms. The van der Waals surface area contributed by atoms with Crippen molar-refractivity contribution in [2.45, 2.75) is 33.2 Å². The van der Waals surface area contributed by atoms with Crippen molar-refractivity contribution in [1.82, 2.24) is 9.47 Å². The zero-order valence-electron chi connectivity index (χ0n) is 18.8. The number of nitrogens with one attached hydrogen (secondary N) is 1. The van der Waals surface area contributed by atoms with Crippen LogP contribution >= 0.6 is 0 Å². The molecule has 3 aromatic rings. The van der Waals surface area contributed by atoms with Crippen molar-refractivity contribution in [2.24, 2.45) is 5.92 Å². The SMILES string of the molecule is COc1ccc([C@H]2C3=C(CN(C(C)=O)C3=O)Nc3cccc4c3c2cn4CC(C)C)cc1. The highest BCUT2D eigenvalue weighted by Crippen LogP contribution is 2.46. The van der Waals surface area contributed by atoms with E-state index in [2.05, 4.69) is 36.0 Å². The van der Waals surface area contributed by atoms with Gasteiger partial charge in [0, 0.05) is 42.4 Å². The molecule has 0 aliphatic carbocycles. The van der Waals surface area contributed by atoms with Crippen LogP contribution in [0.15, 0.2) is 59.9 Å². The monoisotopic (exact) mass is 429 g/mol. The Morgan fingerprint density at radius 1 is 1.19 bits per heavy atom. The molecule has 1 aromatic heterocycles. The summed E-state index contributed by atoms with van der Waals surface area (Å²) < 4.78 is 7.63. The predicted molar refractivity (Wildman–Crippen MR) is 125 cm³/mol. The lowest BCUT2D eigenvalue weighted by atomic mass is 9.84. The van der Waals surface area contributed by atoms with Crippen LogP contribution in [0.2, 0.25) is 0 Å². The number of imide groups is 1. The van der Waals surface area contributed by atoms with Crippen LogP contribution in [0.5, 0.6) is 5.75 Å². The lowest BCUT2D eigenvalue weighted by molar-refractivity contribution is -0.139. The Bertz CT molecular complexity index is 1270. The van der Waals surface area contributed by atoms with Gasteiger partial charge in [0.25, 0.3) is 5.91 Å². The zero-order valence-corrected chi connectivity index (χ0v) is 18.8. The molecule has 0 saturated carbocycles. The number of hydrogen-bond acceptors (Lipinski definition) is 4. The number of anilines is 1. The molecule has 0 bridgehead atoms. The maximum absolute atomic E-state index is 13.5. The molecule has 2 amide bonds. The van der Waals surface area contributed by atoms with Gasteiger partial charge in [-0.15, -0.1) is 0 Å². The molecule has 0 unspecified atom stereocenters. The number of methoxy groups -OCH3 is 1. The van der Waals surface area contributed by atoms with Gasteiger partial charge in [0.1, 0.15) is 5.75 Å². The normalized spacial score (nSPS) is 17.6. The summed E-state index contributed by atoms with van der Waals surface area (Å²) >= 11 is 0. The van der Waals surface area contributed by atoms with Crippen LogP contribution in [0.25, 0.3) is 10.9 Å². The number of rotatable bonds is 4. The van der Waals surface area contributed by atoms with E-state index in [0.29, 0.717) is 11.5 Å². The number of ether oxygens (including phenoxy) is 1. The summed E-state index contributed by atoms with van der Waals surface area (Å²) in [5, 5.41) is 4.65. The molecule has 32 heavy (non-hydrogen) atoms. The Morgan fingerprint density at radius 2 is 1.94 bits per heavy atom. The van der Waals surface area contributed by atoms with Crippen LogP contribution in [0.1, 0.15) is 37.8 Å². The lowest BCUT2D eigenvalue weighted by Gasteiger charge is -2.19. The first-order chi connectivity index (χ1) is 15.4. The quantitative estimate of drug-likeness (QED) is 0.663. The van der Waals surface area contributed by atoms with E-state index in [1.54, 1.807) is 7.11 Å². The number of carbonyl (C=O) groups excluding carboxylic acids is 2. The third kappa shape index (κ3) is 3.09. The van der Waals surface area contributed by atoms with Gasteiger partial charge in [0.05, 0.1) is 24.7 Å². The summed E-state index contributed by atoms with van der Waals surface area (Å²) in [4.78, 5) is 27.0. The Hall–Kier alpha value is -3.54. The van der Waals surface area contributed by atoms with E-state index in [1.165, 1.54) is 11.8 Å². The standard InChI is InChI=1S/C26H27N3O3/c1-15(2)12-28-13-19-23(17-8-10-18(32-4)11-9-17)25-21(14-29(16(3)30)26(25)31)27-20-6-5-7-22(28)24(19)20/h5-11,13,15,23,27H,12,14H2,1-4H3/t23-/m1/s1. The summed E-state index contributed by atoms with van der Waals surface area (Å²) in [5.74, 6) is 0.502. The Morgan fingerprint density at radius 3 is 2.59 bits per heavy atom. The topological polar surface area (TPSA) is 63.6 Å². The van der Waals surface area contributed by atoms with Gasteiger partial charge < -0.3 is 14.6 Å². The highest BCUT2D eigenvalue weighted by Gasteiger charge is 2.41. The van der Waals surface area contributed by atoms with Crippen LogP contribution in [0.3, 0.4) is 0 Å². The van der Waals surface area contributed by atoms with Crippen molar-refractivity contribution < 1.29 is 14.3 Å². The minimum atomic E-state index is -0.278. The molecule has 1 atom stereocenters. The van der Waals surface area contributed by atoms with E-state index in [9.17, 15) is 9.59 Å². The molecular weight excluding hydrogens is 402 g/mol. The Kier molecular flexibility index (Phi) is 4.81. The van der Waals surface area contributed by atoms with Gasteiger partial charge in [0.15, 0.2) is 0 Å². The molecular formula is C26H27N3O3. The second kappa shape index (κ2) is 7.55. The van der Waals surface area contributed by atoms with Gasteiger partial charge in [-0.3, -0.25) is 14.5 Å². The highest BCUT2D eigenvalue weighted by atomic mass is 16.5. The lowest BCUT2D eigenvalue weighted by Crippen LogP contribution is -2.33. The third-order valence-corrected chi connectivity index (χ3v) is 6.33. The van der Waals surface area contributed by atoms with Crippen molar-refractivity contribution in [3.63, 3.8) is 0 Å². The number of aromatic nitrogens is 1. The Balaban J connectivity index is 1.77. The molecule has 0 saturated heterocycles. The smallest absolute Gasteiger partial charge is 0.259 e. The molecule has 164 valence electrons. The second-order valence-electron chi connectivity index (χ2n) is 8.96. The fourth-order valence-corrected chi connectivity index (χ4v) is 4.96. The van der Waals surface area contributed by atoms with Crippen LogP contribution in [-0.4, -0.2) is 34.9 Å². The number of carbonyl (C=O) groups is 2. The number of benzene rings is 2. The molecule has 3 heterocycles. The first-order valence-electron chi connectivity index (χ1n) is 11.0. The van der Waals surface area contributed by atoms with E-state index < -0.39 is 0 Å². The van der Waals surface area contributed by atoms with Crippen molar-refractivity contribution >= 4 is 28.4 Å². The second-order valence-corrected chi connectivity index (χ2v) is 8.96. The molecule has 0 fully saturated rings. The highest BCUT2D eigenvalue weighted by molar-refractivity contribution is 6.11. The fraction of sp³-hybridized carbons (Fsp3) is 0.308. The number of nitrogens with zero attached hydrogens (tertiary/aromatic N) is 2. The van der Waals surface area contributed by atoms with E-state index in [0.717, 1.165) is 45.7 Å². The minimum absolute atomic E-state index is 0.224. The molecule has 6 nitrogen and oxygen atoms in total. The number of hydrogen-bond donors (Lipinski definition) is 1. The summed E-state index contributed by atoms with van der Waals surface area (Å²) in [6.45, 7) is 6.99. The molecule has 2 aromatic carbocycles. The summed E-state index contributed by atoms with van der Waals surface area (Å²) in [7, 11) is 1.64. The molecule has 5 rings (SSSR count). The average Bonchev–Trinajstić information content (AvgIpc) is 3.23. The molecule has 0 spiro atoms. The van der Waals surface area contributed by atoms with Crippen LogP contribution < -0.4 is 10.1 Å². The number of amides is 2. The van der Waals surface area contributed by atoms with Crippen molar-refractivity contribution in [1.29, 1.82) is 0 Å².